The molecule has 0 aromatic carbocycles. The summed E-state index contributed by atoms with van der Waals surface area (Å²) in [5, 5.41) is 12.8. The van der Waals surface area contributed by atoms with Crippen molar-refractivity contribution >= 4 is 0 Å². The summed E-state index contributed by atoms with van der Waals surface area (Å²) >= 11 is 0. The Labute approximate surface area is 81.1 Å². The average molecular weight is 186 g/mol. The van der Waals surface area contributed by atoms with Crippen molar-refractivity contribution in [2.75, 3.05) is 26.2 Å². The minimum absolute atomic E-state index is 0.208. The van der Waals surface area contributed by atoms with E-state index in [9.17, 15) is 5.11 Å². The zero-order valence-corrected chi connectivity index (χ0v) is 8.79. The van der Waals surface area contributed by atoms with Crippen LogP contribution in [0.4, 0.5) is 0 Å². The van der Waals surface area contributed by atoms with Crippen molar-refractivity contribution in [3.05, 3.63) is 0 Å². The van der Waals surface area contributed by atoms with Crippen LogP contribution in [0.25, 0.3) is 0 Å². The highest BCUT2D eigenvalue weighted by Crippen LogP contribution is 2.26. The number of aliphatic hydroxyl groups excluding tert-OH is 1. The van der Waals surface area contributed by atoms with Crippen molar-refractivity contribution in [1.29, 1.82) is 0 Å². The third-order valence-corrected chi connectivity index (χ3v) is 2.54. The van der Waals surface area contributed by atoms with Gasteiger partial charge < -0.3 is 10.4 Å². The summed E-state index contributed by atoms with van der Waals surface area (Å²) in [5.74, 6) is 0. The molecule has 1 unspecified atom stereocenters. The van der Waals surface area contributed by atoms with Gasteiger partial charge in [0.15, 0.2) is 0 Å². The largest absolute Gasteiger partial charge is 0.390 e. The van der Waals surface area contributed by atoms with Crippen molar-refractivity contribution in [3.63, 3.8) is 0 Å². The molecule has 1 rings (SSSR count). The van der Waals surface area contributed by atoms with Gasteiger partial charge in [-0.15, -0.1) is 0 Å². The normalized spacial score (nSPS) is 19.4. The molecule has 0 bridgehead atoms. The van der Waals surface area contributed by atoms with Crippen molar-refractivity contribution in [2.24, 2.45) is 0 Å². The lowest BCUT2D eigenvalue weighted by molar-refractivity contribution is 0.110. The molecule has 3 nitrogen and oxygen atoms in total. The van der Waals surface area contributed by atoms with E-state index in [4.69, 9.17) is 0 Å². The van der Waals surface area contributed by atoms with Crippen LogP contribution in [0.5, 0.6) is 0 Å². The maximum absolute atomic E-state index is 9.65. The molecule has 13 heavy (non-hydrogen) atoms. The molecule has 0 aromatic rings. The Balaban J connectivity index is 2.12. The quantitative estimate of drug-likeness (QED) is 0.605. The van der Waals surface area contributed by atoms with Crippen LogP contribution in [-0.4, -0.2) is 48.3 Å². The number of nitrogens with zero attached hydrogens (tertiary/aromatic N) is 1. The smallest absolute Gasteiger partial charge is 0.0791 e. The average Bonchev–Trinajstić information content (AvgIpc) is 2.94. The minimum Gasteiger partial charge on any atom is -0.390 e. The van der Waals surface area contributed by atoms with E-state index in [1.165, 1.54) is 12.8 Å². The van der Waals surface area contributed by atoms with Gasteiger partial charge in [0.05, 0.1) is 6.10 Å². The lowest BCUT2D eigenvalue weighted by Gasteiger charge is -2.23. The highest BCUT2D eigenvalue weighted by Gasteiger charge is 2.28. The molecule has 0 aromatic heterocycles. The Morgan fingerprint density at radius 2 is 2.15 bits per heavy atom. The second kappa shape index (κ2) is 5.58. The van der Waals surface area contributed by atoms with E-state index < -0.39 is 0 Å². The van der Waals surface area contributed by atoms with Crippen LogP contribution in [0.15, 0.2) is 0 Å². The van der Waals surface area contributed by atoms with E-state index in [0.29, 0.717) is 0 Å². The predicted molar refractivity (Wildman–Crippen MR) is 54.8 cm³/mol. The van der Waals surface area contributed by atoms with Crippen LogP contribution in [0.1, 0.15) is 26.7 Å². The molecule has 1 atom stereocenters. The molecular weight excluding hydrogens is 164 g/mol. The number of aliphatic hydroxyl groups is 1. The molecule has 0 saturated heterocycles. The van der Waals surface area contributed by atoms with Gasteiger partial charge in [-0.25, -0.2) is 0 Å². The molecule has 0 spiro atoms. The number of hydrogen-bond acceptors (Lipinski definition) is 3. The fraction of sp³-hybridized carbons (Fsp3) is 1.00. The highest BCUT2D eigenvalue weighted by atomic mass is 16.3. The maximum Gasteiger partial charge on any atom is 0.0791 e. The van der Waals surface area contributed by atoms with Crippen LogP contribution in [0.3, 0.4) is 0 Å². The second-order valence-electron chi connectivity index (χ2n) is 3.78. The molecule has 3 heteroatoms. The van der Waals surface area contributed by atoms with Gasteiger partial charge in [0.1, 0.15) is 0 Å². The summed E-state index contributed by atoms with van der Waals surface area (Å²) in [7, 11) is 0. The highest BCUT2D eigenvalue weighted by molar-refractivity contribution is 4.85. The first kappa shape index (κ1) is 11.0. The van der Waals surface area contributed by atoms with Gasteiger partial charge in [-0.3, -0.25) is 4.90 Å². The lowest BCUT2D eigenvalue weighted by Crippen LogP contribution is -2.39. The maximum atomic E-state index is 9.65. The molecule has 1 aliphatic rings. The molecule has 78 valence electrons. The van der Waals surface area contributed by atoms with Gasteiger partial charge in [0.25, 0.3) is 0 Å². The van der Waals surface area contributed by atoms with Gasteiger partial charge in [0, 0.05) is 19.1 Å². The fourth-order valence-corrected chi connectivity index (χ4v) is 1.62. The predicted octanol–water partition coefficient (Wildman–Crippen LogP) is 0.441. The number of nitrogens with one attached hydrogen (secondary N) is 1. The monoisotopic (exact) mass is 186 g/mol. The van der Waals surface area contributed by atoms with E-state index in [0.717, 1.165) is 32.2 Å². The summed E-state index contributed by atoms with van der Waals surface area (Å²) in [6, 6.07) is 0.765. The summed E-state index contributed by atoms with van der Waals surface area (Å²) in [6.45, 7) is 7.78. The van der Waals surface area contributed by atoms with Gasteiger partial charge in [0.2, 0.25) is 0 Å². The zero-order chi connectivity index (χ0) is 9.68. The second-order valence-corrected chi connectivity index (χ2v) is 3.78. The molecule has 1 fully saturated rings. The third kappa shape index (κ3) is 4.07. The fourth-order valence-electron chi connectivity index (χ4n) is 1.62. The van der Waals surface area contributed by atoms with Crippen molar-refractivity contribution < 1.29 is 5.11 Å². The minimum atomic E-state index is -0.208. The van der Waals surface area contributed by atoms with E-state index in [-0.39, 0.29) is 6.10 Å². The molecule has 0 aliphatic heterocycles. The SMILES string of the molecule is CCNCC(O)CN(CC)C1CC1. The Bertz CT molecular complexity index is 137. The summed E-state index contributed by atoms with van der Waals surface area (Å²) in [6.07, 6.45) is 2.43. The Morgan fingerprint density at radius 1 is 1.46 bits per heavy atom. The van der Waals surface area contributed by atoms with Gasteiger partial charge in [-0.1, -0.05) is 13.8 Å². The van der Waals surface area contributed by atoms with Crippen LogP contribution in [0.2, 0.25) is 0 Å². The number of likely N-dealkylation sites (N-methyl/N-ethyl adjacent to an activating group) is 2. The first-order valence-corrected chi connectivity index (χ1v) is 5.40. The molecule has 1 aliphatic carbocycles. The van der Waals surface area contributed by atoms with Gasteiger partial charge in [-0.2, -0.15) is 0 Å². The van der Waals surface area contributed by atoms with Crippen LogP contribution < -0.4 is 5.32 Å². The van der Waals surface area contributed by atoms with E-state index in [1.807, 2.05) is 0 Å². The van der Waals surface area contributed by atoms with E-state index in [1.54, 1.807) is 0 Å². The van der Waals surface area contributed by atoms with Crippen LogP contribution >= 0.6 is 0 Å². The topological polar surface area (TPSA) is 35.5 Å². The molecule has 1 saturated carbocycles. The standard InChI is InChI=1S/C10H22N2O/c1-3-11-7-10(13)8-12(4-2)9-5-6-9/h9-11,13H,3-8H2,1-2H3. The van der Waals surface area contributed by atoms with E-state index >= 15 is 0 Å². The molecule has 0 amide bonds. The van der Waals surface area contributed by atoms with Crippen molar-refractivity contribution in [3.8, 4) is 0 Å². The Hall–Kier alpha value is -0.120. The third-order valence-electron chi connectivity index (χ3n) is 2.54. The van der Waals surface area contributed by atoms with Crippen LogP contribution in [0, 0.1) is 0 Å². The van der Waals surface area contributed by atoms with Gasteiger partial charge in [-0.05, 0) is 25.9 Å². The summed E-state index contributed by atoms with van der Waals surface area (Å²) in [5.41, 5.74) is 0. The first-order valence-electron chi connectivity index (χ1n) is 5.40. The number of hydrogen-bond donors (Lipinski definition) is 2. The molecule has 0 radical (unpaired) electrons. The Kier molecular flexibility index (Phi) is 4.70. The van der Waals surface area contributed by atoms with Gasteiger partial charge >= 0.3 is 0 Å². The van der Waals surface area contributed by atoms with Crippen molar-refractivity contribution in [1.82, 2.24) is 10.2 Å². The molecule has 2 N–H and O–H groups in total. The van der Waals surface area contributed by atoms with E-state index in [2.05, 4.69) is 24.1 Å². The summed E-state index contributed by atoms with van der Waals surface area (Å²) < 4.78 is 0. The summed E-state index contributed by atoms with van der Waals surface area (Å²) in [4.78, 5) is 2.38. The van der Waals surface area contributed by atoms with Crippen LogP contribution in [-0.2, 0) is 0 Å². The molecular formula is C10H22N2O. The first-order chi connectivity index (χ1) is 6.27. The number of rotatable bonds is 7. The molecule has 0 heterocycles. The zero-order valence-electron chi connectivity index (χ0n) is 8.79. The van der Waals surface area contributed by atoms with Crippen molar-refractivity contribution in [2.45, 2.75) is 38.8 Å². The lowest BCUT2D eigenvalue weighted by atomic mass is 10.3. The Morgan fingerprint density at radius 3 is 2.62 bits per heavy atom.